The average Bonchev–Trinajstić information content (AvgIpc) is 2.34. The Hall–Kier alpha value is -2.02. The summed E-state index contributed by atoms with van der Waals surface area (Å²) < 4.78 is 65.4. The van der Waals surface area contributed by atoms with E-state index in [9.17, 15) is 21.6 Å². The minimum atomic E-state index is -4.39. The Labute approximate surface area is 107 Å². The fourth-order valence-corrected chi connectivity index (χ4v) is 2.60. The number of anilines is 1. The fraction of sp³-hybridized carbons (Fsp3) is 0. The highest BCUT2D eigenvalue weighted by Gasteiger charge is 2.21. The van der Waals surface area contributed by atoms with E-state index in [-0.39, 0.29) is 0 Å². The van der Waals surface area contributed by atoms with E-state index in [0.29, 0.717) is 0 Å². The molecule has 7 heteroatoms. The number of hydrogen-bond acceptors (Lipinski definition) is 2. The molecule has 0 saturated carbocycles. The molecule has 2 rings (SSSR count). The van der Waals surface area contributed by atoms with Gasteiger partial charge in [0.15, 0.2) is 0 Å². The summed E-state index contributed by atoms with van der Waals surface area (Å²) in [6.07, 6.45) is 0. The fourth-order valence-electron chi connectivity index (χ4n) is 1.45. The molecule has 1 N–H and O–H groups in total. The van der Waals surface area contributed by atoms with E-state index >= 15 is 0 Å². The number of halogens is 3. The van der Waals surface area contributed by atoms with Crippen LogP contribution in [-0.2, 0) is 10.0 Å². The summed E-state index contributed by atoms with van der Waals surface area (Å²) in [7, 11) is -4.39. The maximum atomic E-state index is 13.4. The minimum absolute atomic E-state index is 0.683. The number of hydrogen-bond donors (Lipinski definition) is 1. The lowest BCUT2D eigenvalue weighted by molar-refractivity contribution is 0.566. The van der Waals surface area contributed by atoms with Gasteiger partial charge in [-0.25, -0.2) is 21.6 Å². The Kier molecular flexibility index (Phi) is 3.48. The van der Waals surface area contributed by atoms with Gasteiger partial charge < -0.3 is 0 Å². The van der Waals surface area contributed by atoms with E-state index in [0.717, 1.165) is 30.3 Å². The van der Waals surface area contributed by atoms with Crippen molar-refractivity contribution in [2.45, 2.75) is 4.90 Å². The summed E-state index contributed by atoms with van der Waals surface area (Å²) in [6.45, 7) is 0. The van der Waals surface area contributed by atoms with Crippen LogP contribution < -0.4 is 4.72 Å². The Morgan fingerprint density at radius 2 is 1.32 bits per heavy atom. The molecule has 100 valence electrons. The van der Waals surface area contributed by atoms with Crippen molar-refractivity contribution in [3.63, 3.8) is 0 Å². The van der Waals surface area contributed by atoms with E-state index in [1.54, 1.807) is 4.72 Å². The topological polar surface area (TPSA) is 46.2 Å². The zero-order chi connectivity index (χ0) is 14.0. The summed E-state index contributed by atoms with van der Waals surface area (Å²) in [4.78, 5) is -0.683. The molecular formula is C12H8F3NO2S. The second-order valence-electron chi connectivity index (χ2n) is 3.63. The Balaban J connectivity index is 2.46. The minimum Gasteiger partial charge on any atom is -0.274 e. The second-order valence-corrected chi connectivity index (χ2v) is 5.28. The Morgan fingerprint density at radius 1 is 0.789 bits per heavy atom. The second kappa shape index (κ2) is 4.93. The lowest BCUT2D eigenvalue weighted by Crippen LogP contribution is -2.16. The van der Waals surface area contributed by atoms with Crippen LogP contribution in [0.5, 0.6) is 0 Å². The van der Waals surface area contributed by atoms with Crippen molar-refractivity contribution in [2.75, 3.05) is 4.72 Å². The van der Waals surface area contributed by atoms with Crippen LogP contribution in [0.2, 0.25) is 0 Å². The molecule has 3 nitrogen and oxygen atoms in total. The molecule has 0 aliphatic rings. The molecule has 0 atom stereocenters. The molecule has 0 radical (unpaired) electrons. The molecule has 0 heterocycles. The summed E-state index contributed by atoms with van der Waals surface area (Å²) in [5.74, 6) is -3.17. The summed E-state index contributed by atoms with van der Waals surface area (Å²) in [5.41, 5.74) is -0.842. The highest BCUT2D eigenvalue weighted by Crippen LogP contribution is 2.23. The summed E-state index contributed by atoms with van der Waals surface area (Å²) in [5, 5.41) is 0. The number of sulfonamides is 1. The van der Waals surface area contributed by atoms with Crippen molar-refractivity contribution in [3.8, 4) is 0 Å². The van der Waals surface area contributed by atoms with E-state index < -0.39 is 38.1 Å². The van der Waals surface area contributed by atoms with Gasteiger partial charge in [-0.1, -0.05) is 18.2 Å². The first-order chi connectivity index (χ1) is 8.92. The standard InChI is InChI=1S/C12H8F3NO2S/c13-8-4-1-2-7-11(8)19(17,18)16-12-9(14)5-3-6-10(12)15/h1-7,16H. The van der Waals surface area contributed by atoms with E-state index in [2.05, 4.69) is 0 Å². The quantitative estimate of drug-likeness (QED) is 0.943. The van der Waals surface area contributed by atoms with Crippen molar-refractivity contribution in [1.29, 1.82) is 0 Å². The number of nitrogens with one attached hydrogen (secondary N) is 1. The molecule has 0 saturated heterocycles. The molecule has 0 aliphatic heterocycles. The van der Waals surface area contributed by atoms with Crippen LogP contribution in [0.25, 0.3) is 0 Å². The van der Waals surface area contributed by atoms with Crippen LogP contribution in [0.4, 0.5) is 18.9 Å². The molecule has 19 heavy (non-hydrogen) atoms. The van der Waals surface area contributed by atoms with Crippen molar-refractivity contribution in [2.24, 2.45) is 0 Å². The third-order valence-electron chi connectivity index (χ3n) is 2.33. The van der Waals surface area contributed by atoms with Gasteiger partial charge >= 0.3 is 0 Å². The lowest BCUT2D eigenvalue weighted by Gasteiger charge is -2.10. The normalized spacial score (nSPS) is 11.3. The van der Waals surface area contributed by atoms with Crippen molar-refractivity contribution < 1.29 is 21.6 Å². The van der Waals surface area contributed by atoms with Crippen LogP contribution >= 0.6 is 0 Å². The number of benzene rings is 2. The molecule has 0 aromatic heterocycles. The van der Waals surface area contributed by atoms with Gasteiger partial charge in [-0.15, -0.1) is 0 Å². The van der Waals surface area contributed by atoms with Gasteiger partial charge in [-0.2, -0.15) is 0 Å². The predicted octanol–water partition coefficient (Wildman–Crippen LogP) is 2.90. The van der Waals surface area contributed by atoms with Crippen LogP contribution in [-0.4, -0.2) is 8.42 Å². The highest BCUT2D eigenvalue weighted by atomic mass is 32.2. The smallest absolute Gasteiger partial charge is 0.264 e. The van der Waals surface area contributed by atoms with Crippen LogP contribution in [0.15, 0.2) is 47.4 Å². The zero-order valence-electron chi connectivity index (χ0n) is 9.40. The number of rotatable bonds is 3. The summed E-state index contributed by atoms with van der Waals surface area (Å²) in [6, 6.07) is 7.41. The average molecular weight is 287 g/mol. The molecule has 2 aromatic carbocycles. The van der Waals surface area contributed by atoms with Gasteiger partial charge in [-0.3, -0.25) is 4.72 Å². The maximum absolute atomic E-state index is 13.4. The highest BCUT2D eigenvalue weighted by molar-refractivity contribution is 7.92. The van der Waals surface area contributed by atoms with E-state index in [1.165, 1.54) is 12.1 Å². The van der Waals surface area contributed by atoms with Crippen LogP contribution in [0.1, 0.15) is 0 Å². The largest absolute Gasteiger partial charge is 0.274 e. The molecule has 0 bridgehead atoms. The molecule has 0 fully saturated rings. The van der Waals surface area contributed by atoms with Gasteiger partial charge in [0.2, 0.25) is 0 Å². The first-order valence-corrected chi connectivity index (χ1v) is 6.61. The van der Waals surface area contributed by atoms with Gasteiger partial charge in [-0.05, 0) is 24.3 Å². The molecule has 0 amide bonds. The monoisotopic (exact) mass is 287 g/mol. The maximum Gasteiger partial charge on any atom is 0.264 e. The van der Waals surface area contributed by atoms with E-state index in [1.807, 2.05) is 0 Å². The van der Waals surface area contributed by atoms with Gasteiger partial charge in [0.1, 0.15) is 28.0 Å². The van der Waals surface area contributed by atoms with Crippen molar-refractivity contribution in [3.05, 3.63) is 59.9 Å². The molecule has 0 unspecified atom stereocenters. The molecule has 0 aliphatic carbocycles. The first-order valence-electron chi connectivity index (χ1n) is 5.13. The first kappa shape index (κ1) is 13.4. The van der Waals surface area contributed by atoms with Gasteiger partial charge in [0.05, 0.1) is 0 Å². The third kappa shape index (κ3) is 2.70. The van der Waals surface area contributed by atoms with Crippen LogP contribution in [0, 0.1) is 17.5 Å². The molecular weight excluding hydrogens is 279 g/mol. The molecule has 0 spiro atoms. The Bertz CT molecular complexity index is 696. The SMILES string of the molecule is O=S(=O)(Nc1c(F)cccc1F)c1ccccc1F. The predicted molar refractivity (Wildman–Crippen MR) is 63.6 cm³/mol. The van der Waals surface area contributed by atoms with Gasteiger partial charge in [0, 0.05) is 0 Å². The van der Waals surface area contributed by atoms with Crippen LogP contribution in [0.3, 0.4) is 0 Å². The third-order valence-corrected chi connectivity index (χ3v) is 3.71. The van der Waals surface area contributed by atoms with Crippen molar-refractivity contribution >= 4 is 15.7 Å². The number of para-hydroxylation sites is 1. The Morgan fingerprint density at radius 3 is 1.89 bits per heavy atom. The zero-order valence-corrected chi connectivity index (χ0v) is 10.2. The lowest BCUT2D eigenvalue weighted by atomic mass is 10.3. The van der Waals surface area contributed by atoms with E-state index in [4.69, 9.17) is 0 Å². The van der Waals surface area contributed by atoms with Crippen molar-refractivity contribution in [1.82, 2.24) is 0 Å². The van der Waals surface area contributed by atoms with Gasteiger partial charge in [0.25, 0.3) is 10.0 Å². The summed E-state index contributed by atoms with van der Waals surface area (Å²) >= 11 is 0. The molecule has 2 aromatic rings.